The first kappa shape index (κ1) is 25.4. The van der Waals surface area contributed by atoms with Gasteiger partial charge in [-0.25, -0.2) is 17.4 Å². The van der Waals surface area contributed by atoms with Gasteiger partial charge in [-0.05, 0) is 65.0 Å². The van der Waals surface area contributed by atoms with Crippen LogP contribution in [-0.2, 0) is 10.0 Å². The lowest BCUT2D eigenvalue weighted by Crippen LogP contribution is -2.11. The Morgan fingerprint density at radius 2 is 1.76 bits per heavy atom. The fraction of sp³-hybridized carbons (Fsp3) is 0.259. The number of benzene rings is 2. The van der Waals surface area contributed by atoms with E-state index in [1.807, 2.05) is 40.7 Å². The summed E-state index contributed by atoms with van der Waals surface area (Å²) in [6.45, 7) is 9.64. The molecule has 196 valence electrons. The zero-order chi connectivity index (χ0) is 27.0. The lowest BCUT2D eigenvalue weighted by molar-refractivity contribution is 0.232. The van der Waals surface area contributed by atoms with Crippen LogP contribution in [0.5, 0.6) is 5.88 Å². The molecule has 0 saturated carbocycles. The minimum Gasteiger partial charge on any atom is -0.474 e. The first-order valence-electron chi connectivity index (χ1n) is 12.2. The third-order valence-corrected chi connectivity index (χ3v) is 7.38. The summed E-state index contributed by atoms with van der Waals surface area (Å²) in [7, 11) is -3.91. The van der Waals surface area contributed by atoms with Crippen LogP contribution in [0.1, 0.15) is 33.3 Å². The molecule has 0 aliphatic rings. The number of ether oxygens (including phenoxy) is 1. The van der Waals surface area contributed by atoms with Gasteiger partial charge in [0.25, 0.3) is 10.0 Å². The van der Waals surface area contributed by atoms with E-state index < -0.39 is 10.0 Å². The van der Waals surface area contributed by atoms with Crippen molar-refractivity contribution >= 4 is 26.9 Å². The van der Waals surface area contributed by atoms with Gasteiger partial charge in [-0.2, -0.15) is 4.98 Å². The first-order valence-corrected chi connectivity index (χ1v) is 13.6. The number of rotatable bonds is 8. The smallest absolute Gasteiger partial charge is 0.321 e. The summed E-state index contributed by atoms with van der Waals surface area (Å²) in [5.41, 5.74) is 3.15. The Morgan fingerprint density at radius 3 is 2.47 bits per heavy atom. The summed E-state index contributed by atoms with van der Waals surface area (Å²) in [4.78, 5) is 13.5. The van der Waals surface area contributed by atoms with E-state index in [-0.39, 0.29) is 17.0 Å². The van der Waals surface area contributed by atoms with Gasteiger partial charge in [0.2, 0.25) is 11.7 Å². The third-order valence-electron chi connectivity index (χ3n) is 5.69. The third kappa shape index (κ3) is 4.97. The van der Waals surface area contributed by atoms with Gasteiger partial charge in [-0.15, -0.1) is 0 Å². The molecule has 0 amide bonds. The van der Waals surface area contributed by atoms with Crippen molar-refractivity contribution in [1.82, 2.24) is 24.1 Å². The van der Waals surface area contributed by atoms with Crippen LogP contribution in [0.3, 0.4) is 0 Å². The van der Waals surface area contributed by atoms with Crippen LogP contribution >= 0.6 is 0 Å². The Kier molecular flexibility index (Phi) is 6.62. The van der Waals surface area contributed by atoms with Gasteiger partial charge in [0, 0.05) is 28.8 Å². The van der Waals surface area contributed by atoms with E-state index in [9.17, 15) is 8.42 Å². The zero-order valence-electron chi connectivity index (χ0n) is 21.7. The number of hydrogen-bond donors (Lipinski definition) is 1. The predicted molar refractivity (Wildman–Crippen MR) is 145 cm³/mol. The molecule has 0 atom stereocenters. The van der Waals surface area contributed by atoms with Crippen LogP contribution < -0.4 is 10.1 Å². The van der Waals surface area contributed by atoms with Crippen LogP contribution in [0.2, 0.25) is 0 Å². The van der Waals surface area contributed by atoms with Crippen molar-refractivity contribution in [2.75, 3.05) is 5.32 Å². The van der Waals surface area contributed by atoms with E-state index in [0.29, 0.717) is 45.4 Å². The van der Waals surface area contributed by atoms with Crippen LogP contribution in [0, 0.1) is 6.92 Å². The van der Waals surface area contributed by atoms with Crippen molar-refractivity contribution < 1.29 is 17.7 Å². The van der Waals surface area contributed by atoms with Crippen molar-refractivity contribution in [3.8, 4) is 28.5 Å². The van der Waals surface area contributed by atoms with Crippen LogP contribution in [0.4, 0.5) is 6.01 Å². The van der Waals surface area contributed by atoms with Crippen molar-refractivity contribution in [2.24, 2.45) is 0 Å². The molecule has 38 heavy (non-hydrogen) atoms. The standard InChI is InChI=1S/C27H28N6O4S/c1-16(2)29-27-31-26(32-37-27)19-8-11-24-21(12-19)22(23-13-28-14-25(30-23)36-17(3)4)15-33(24)38(34,35)20-9-6-18(5)7-10-20/h6-17H,1-5H3,(H,29,31,32). The molecule has 1 N–H and O–H groups in total. The molecule has 10 nitrogen and oxygen atoms in total. The lowest BCUT2D eigenvalue weighted by Gasteiger charge is -2.09. The fourth-order valence-corrected chi connectivity index (χ4v) is 5.36. The molecule has 0 bridgehead atoms. The van der Waals surface area contributed by atoms with Crippen LogP contribution in [-0.4, -0.2) is 44.6 Å². The normalized spacial score (nSPS) is 12.0. The Hall–Kier alpha value is -4.25. The van der Waals surface area contributed by atoms with Crippen molar-refractivity contribution in [3.05, 3.63) is 66.6 Å². The average Bonchev–Trinajstić information content (AvgIpc) is 3.48. The molecular formula is C27H28N6O4S. The maximum absolute atomic E-state index is 13.7. The average molecular weight is 533 g/mol. The number of nitrogens with one attached hydrogen (secondary N) is 1. The van der Waals surface area contributed by atoms with E-state index in [0.717, 1.165) is 5.56 Å². The first-order chi connectivity index (χ1) is 18.1. The molecule has 3 heterocycles. The summed E-state index contributed by atoms with van der Waals surface area (Å²) < 4.78 is 39.8. The Morgan fingerprint density at radius 1 is 1.00 bits per heavy atom. The van der Waals surface area contributed by atoms with E-state index in [4.69, 9.17) is 9.26 Å². The van der Waals surface area contributed by atoms with Crippen molar-refractivity contribution in [3.63, 3.8) is 0 Å². The predicted octanol–water partition coefficient (Wildman–Crippen LogP) is 5.30. The van der Waals surface area contributed by atoms with Crippen LogP contribution in [0.25, 0.3) is 33.5 Å². The lowest BCUT2D eigenvalue weighted by atomic mass is 10.1. The highest BCUT2D eigenvalue weighted by Crippen LogP contribution is 2.35. The quantitative estimate of drug-likeness (QED) is 0.283. The highest BCUT2D eigenvalue weighted by molar-refractivity contribution is 7.90. The molecule has 0 aliphatic carbocycles. The van der Waals surface area contributed by atoms with E-state index >= 15 is 0 Å². The van der Waals surface area contributed by atoms with Gasteiger partial charge in [-0.3, -0.25) is 4.98 Å². The number of anilines is 1. The van der Waals surface area contributed by atoms with E-state index in [1.165, 1.54) is 10.2 Å². The second kappa shape index (κ2) is 9.90. The largest absolute Gasteiger partial charge is 0.474 e. The van der Waals surface area contributed by atoms with Gasteiger partial charge in [0.15, 0.2) is 0 Å². The molecule has 0 fully saturated rings. The van der Waals surface area contributed by atoms with Crippen LogP contribution in [0.15, 0.2) is 70.5 Å². The number of aromatic nitrogens is 5. The summed E-state index contributed by atoms with van der Waals surface area (Å²) >= 11 is 0. The Balaban J connectivity index is 1.69. The zero-order valence-corrected chi connectivity index (χ0v) is 22.5. The molecule has 5 aromatic rings. The maximum Gasteiger partial charge on any atom is 0.321 e. The summed E-state index contributed by atoms with van der Waals surface area (Å²) in [6.07, 6.45) is 4.58. The summed E-state index contributed by atoms with van der Waals surface area (Å²) in [5.74, 6) is 0.719. The molecule has 0 saturated heterocycles. The van der Waals surface area contributed by atoms with Gasteiger partial charge in [0.05, 0.1) is 34.6 Å². The molecule has 3 aromatic heterocycles. The van der Waals surface area contributed by atoms with Crippen molar-refractivity contribution in [1.29, 1.82) is 0 Å². The van der Waals surface area contributed by atoms with Gasteiger partial charge < -0.3 is 14.6 Å². The second-order valence-corrected chi connectivity index (χ2v) is 11.3. The van der Waals surface area contributed by atoms with Gasteiger partial charge >= 0.3 is 6.01 Å². The number of aryl methyl sites for hydroxylation is 1. The summed E-state index contributed by atoms with van der Waals surface area (Å²) in [6, 6.07) is 12.5. The topological polar surface area (TPSA) is 125 Å². The molecule has 0 radical (unpaired) electrons. The minimum atomic E-state index is -3.91. The molecule has 11 heteroatoms. The molecule has 2 aromatic carbocycles. The maximum atomic E-state index is 13.7. The van der Waals surface area contributed by atoms with E-state index in [2.05, 4.69) is 25.4 Å². The highest BCUT2D eigenvalue weighted by atomic mass is 32.2. The number of fused-ring (bicyclic) bond motifs is 1. The molecule has 0 spiro atoms. The van der Waals surface area contributed by atoms with E-state index in [1.54, 1.807) is 48.8 Å². The minimum absolute atomic E-state index is 0.0960. The highest BCUT2D eigenvalue weighted by Gasteiger charge is 2.24. The molecule has 0 unspecified atom stereocenters. The fourth-order valence-electron chi connectivity index (χ4n) is 3.99. The SMILES string of the molecule is Cc1ccc(S(=O)(=O)n2cc(-c3cncc(OC(C)C)n3)c3cc(-c4noc(NC(C)C)n4)ccc32)cc1. The van der Waals surface area contributed by atoms with Crippen molar-refractivity contribution in [2.45, 2.75) is 51.7 Å². The number of nitrogens with zero attached hydrogens (tertiary/aromatic N) is 5. The Bertz CT molecular complexity index is 1710. The Labute approximate surface area is 220 Å². The summed E-state index contributed by atoms with van der Waals surface area (Å²) in [5, 5.41) is 7.80. The number of hydrogen-bond acceptors (Lipinski definition) is 9. The molecular weight excluding hydrogens is 504 g/mol. The monoisotopic (exact) mass is 532 g/mol. The van der Waals surface area contributed by atoms with Gasteiger partial charge in [-0.1, -0.05) is 22.9 Å². The second-order valence-electron chi connectivity index (χ2n) is 9.52. The molecule has 5 rings (SSSR count). The van der Waals surface area contributed by atoms with Gasteiger partial charge in [0.1, 0.15) is 0 Å². The molecule has 0 aliphatic heterocycles.